The number of anilines is 1. The molecule has 0 unspecified atom stereocenters. The van der Waals surface area contributed by atoms with Crippen molar-refractivity contribution < 1.29 is 14.2 Å². The van der Waals surface area contributed by atoms with Crippen molar-refractivity contribution in [1.29, 1.82) is 0 Å². The zero-order chi connectivity index (χ0) is 12.3. The van der Waals surface area contributed by atoms with Crippen molar-refractivity contribution in [2.45, 2.75) is 0 Å². The van der Waals surface area contributed by atoms with Crippen LogP contribution in [0.3, 0.4) is 0 Å². The van der Waals surface area contributed by atoms with E-state index in [-0.39, 0.29) is 11.4 Å². The highest BCUT2D eigenvalue weighted by Gasteiger charge is 2.12. The van der Waals surface area contributed by atoms with Crippen LogP contribution in [0.15, 0.2) is 41.1 Å². The minimum Gasteiger partial charge on any atom is -0.351 e. The van der Waals surface area contributed by atoms with E-state index in [2.05, 4.69) is 15.0 Å². The number of amides is 1. The molecule has 0 spiro atoms. The number of hydrogen-bond acceptors (Lipinski definition) is 5. The van der Waals surface area contributed by atoms with Gasteiger partial charge in [0.1, 0.15) is 0 Å². The van der Waals surface area contributed by atoms with Gasteiger partial charge in [-0.15, -0.1) is 0 Å². The Morgan fingerprint density at radius 2 is 2.24 bits per heavy atom. The second-order valence-corrected chi connectivity index (χ2v) is 3.14. The maximum absolute atomic E-state index is 11.5. The highest BCUT2D eigenvalue weighted by molar-refractivity contribution is 6.02. The molecule has 1 heterocycles. The fourth-order valence-electron chi connectivity index (χ4n) is 1.22. The van der Waals surface area contributed by atoms with E-state index >= 15 is 0 Å². The maximum atomic E-state index is 11.5. The summed E-state index contributed by atoms with van der Waals surface area (Å²) in [6, 6.07) is 7.01. The Labute approximate surface area is 95.2 Å². The SMILES string of the molecule is O=C(Nc1cccc([N+](=O)[O-])c1)c1ccno1. The molecule has 1 amide bonds. The van der Waals surface area contributed by atoms with Crippen LogP contribution < -0.4 is 5.32 Å². The van der Waals surface area contributed by atoms with E-state index in [0.717, 1.165) is 0 Å². The number of carbonyl (C=O) groups is 1. The van der Waals surface area contributed by atoms with E-state index in [1.165, 1.54) is 30.5 Å². The summed E-state index contributed by atoms with van der Waals surface area (Å²) >= 11 is 0. The summed E-state index contributed by atoms with van der Waals surface area (Å²) in [5.74, 6) is -0.473. The van der Waals surface area contributed by atoms with Gasteiger partial charge in [-0.2, -0.15) is 0 Å². The molecule has 7 heteroatoms. The Bertz CT molecular complexity index is 550. The number of carbonyl (C=O) groups excluding carboxylic acids is 1. The van der Waals surface area contributed by atoms with Crippen LogP contribution in [0.4, 0.5) is 11.4 Å². The highest BCUT2D eigenvalue weighted by atomic mass is 16.6. The summed E-state index contributed by atoms with van der Waals surface area (Å²) in [7, 11) is 0. The van der Waals surface area contributed by atoms with Gasteiger partial charge in [0, 0.05) is 23.9 Å². The van der Waals surface area contributed by atoms with E-state index in [9.17, 15) is 14.9 Å². The molecule has 0 radical (unpaired) electrons. The number of non-ortho nitro benzene ring substituents is 1. The van der Waals surface area contributed by atoms with Gasteiger partial charge in [0.05, 0.1) is 11.1 Å². The molecule has 0 fully saturated rings. The molecule has 2 rings (SSSR count). The van der Waals surface area contributed by atoms with E-state index in [1.54, 1.807) is 6.07 Å². The summed E-state index contributed by atoms with van der Waals surface area (Å²) in [6.07, 6.45) is 1.34. The van der Waals surface area contributed by atoms with Crippen molar-refractivity contribution >= 4 is 17.3 Å². The summed E-state index contributed by atoms with van der Waals surface area (Å²) in [5, 5.41) is 16.4. The van der Waals surface area contributed by atoms with Gasteiger partial charge in [0.15, 0.2) is 0 Å². The molecule has 86 valence electrons. The first-order valence-corrected chi connectivity index (χ1v) is 4.63. The number of benzene rings is 1. The lowest BCUT2D eigenvalue weighted by Crippen LogP contribution is -2.10. The highest BCUT2D eigenvalue weighted by Crippen LogP contribution is 2.17. The van der Waals surface area contributed by atoms with Crippen LogP contribution in [0.1, 0.15) is 10.6 Å². The molecule has 1 aromatic heterocycles. The average molecular weight is 233 g/mol. The zero-order valence-electron chi connectivity index (χ0n) is 8.49. The molecule has 0 atom stereocenters. The number of nitro benzene ring substituents is 1. The molecule has 1 aromatic carbocycles. The quantitative estimate of drug-likeness (QED) is 0.644. The summed E-state index contributed by atoms with van der Waals surface area (Å²) in [6.45, 7) is 0. The topological polar surface area (TPSA) is 98.3 Å². The third kappa shape index (κ3) is 2.46. The molecule has 0 aliphatic carbocycles. The van der Waals surface area contributed by atoms with Crippen molar-refractivity contribution in [2.24, 2.45) is 0 Å². The van der Waals surface area contributed by atoms with Crippen LogP contribution >= 0.6 is 0 Å². The average Bonchev–Trinajstić information content (AvgIpc) is 2.82. The standard InChI is InChI=1S/C10H7N3O4/c14-10(9-4-5-11-17-9)12-7-2-1-3-8(6-7)13(15)16/h1-6H,(H,12,14). The van der Waals surface area contributed by atoms with Crippen LogP contribution in [0.5, 0.6) is 0 Å². The first-order chi connectivity index (χ1) is 8.16. The Morgan fingerprint density at radius 3 is 2.88 bits per heavy atom. The van der Waals surface area contributed by atoms with Crippen molar-refractivity contribution in [1.82, 2.24) is 5.16 Å². The van der Waals surface area contributed by atoms with Gasteiger partial charge in [0.2, 0.25) is 5.76 Å². The van der Waals surface area contributed by atoms with E-state index in [0.29, 0.717) is 5.69 Å². The molecule has 0 aliphatic heterocycles. The van der Waals surface area contributed by atoms with Crippen molar-refractivity contribution in [3.8, 4) is 0 Å². The predicted molar refractivity (Wildman–Crippen MR) is 57.6 cm³/mol. The van der Waals surface area contributed by atoms with E-state index in [1.807, 2.05) is 0 Å². The zero-order valence-corrected chi connectivity index (χ0v) is 8.49. The Balaban J connectivity index is 2.16. The Kier molecular flexibility index (Phi) is 2.82. The molecular formula is C10H7N3O4. The lowest BCUT2D eigenvalue weighted by atomic mass is 10.2. The van der Waals surface area contributed by atoms with Gasteiger partial charge < -0.3 is 9.84 Å². The number of nitro groups is 1. The minimum absolute atomic E-state index is 0.0384. The smallest absolute Gasteiger partial charge is 0.294 e. The monoisotopic (exact) mass is 233 g/mol. The number of nitrogens with one attached hydrogen (secondary N) is 1. The molecular weight excluding hydrogens is 226 g/mol. The van der Waals surface area contributed by atoms with Crippen molar-refractivity contribution in [3.05, 3.63) is 52.4 Å². The number of aromatic nitrogens is 1. The van der Waals surface area contributed by atoms with E-state index < -0.39 is 10.8 Å². The van der Waals surface area contributed by atoms with Gasteiger partial charge in [-0.1, -0.05) is 11.2 Å². The molecule has 0 aliphatic rings. The first kappa shape index (κ1) is 10.8. The van der Waals surface area contributed by atoms with Gasteiger partial charge in [0.25, 0.3) is 11.6 Å². The number of rotatable bonds is 3. The lowest BCUT2D eigenvalue weighted by molar-refractivity contribution is -0.384. The lowest BCUT2D eigenvalue weighted by Gasteiger charge is -2.01. The van der Waals surface area contributed by atoms with Gasteiger partial charge in [-0.3, -0.25) is 14.9 Å². The Hall–Kier alpha value is -2.70. The third-order valence-corrected chi connectivity index (χ3v) is 1.98. The molecule has 17 heavy (non-hydrogen) atoms. The third-order valence-electron chi connectivity index (χ3n) is 1.98. The molecule has 2 aromatic rings. The molecule has 7 nitrogen and oxygen atoms in total. The van der Waals surface area contributed by atoms with Crippen LogP contribution in [0.2, 0.25) is 0 Å². The van der Waals surface area contributed by atoms with Crippen LogP contribution in [0, 0.1) is 10.1 Å². The normalized spacial score (nSPS) is 9.88. The van der Waals surface area contributed by atoms with Gasteiger partial charge >= 0.3 is 0 Å². The summed E-state index contributed by atoms with van der Waals surface area (Å²) in [4.78, 5) is 21.5. The maximum Gasteiger partial charge on any atom is 0.294 e. The molecule has 0 bridgehead atoms. The summed E-state index contributed by atoms with van der Waals surface area (Å²) < 4.78 is 4.65. The fourth-order valence-corrected chi connectivity index (χ4v) is 1.22. The van der Waals surface area contributed by atoms with Gasteiger partial charge in [-0.25, -0.2) is 0 Å². The molecule has 0 saturated carbocycles. The van der Waals surface area contributed by atoms with E-state index in [4.69, 9.17) is 0 Å². The second-order valence-electron chi connectivity index (χ2n) is 3.14. The largest absolute Gasteiger partial charge is 0.351 e. The van der Waals surface area contributed by atoms with Gasteiger partial charge in [-0.05, 0) is 6.07 Å². The molecule has 1 N–H and O–H groups in total. The number of nitrogens with zero attached hydrogens (tertiary/aromatic N) is 2. The van der Waals surface area contributed by atoms with Crippen LogP contribution in [0.25, 0.3) is 0 Å². The minimum atomic E-state index is -0.538. The summed E-state index contributed by atoms with van der Waals surface area (Å²) in [5.41, 5.74) is 0.223. The molecule has 0 saturated heterocycles. The number of hydrogen-bond donors (Lipinski definition) is 1. The van der Waals surface area contributed by atoms with Crippen LogP contribution in [-0.4, -0.2) is 16.0 Å². The first-order valence-electron chi connectivity index (χ1n) is 4.63. The Morgan fingerprint density at radius 1 is 1.41 bits per heavy atom. The van der Waals surface area contributed by atoms with Crippen molar-refractivity contribution in [3.63, 3.8) is 0 Å². The fraction of sp³-hybridized carbons (Fsp3) is 0. The second kappa shape index (κ2) is 4.44. The predicted octanol–water partition coefficient (Wildman–Crippen LogP) is 1.84. The van der Waals surface area contributed by atoms with Crippen LogP contribution in [-0.2, 0) is 0 Å². The van der Waals surface area contributed by atoms with Crippen molar-refractivity contribution in [2.75, 3.05) is 5.32 Å².